The van der Waals surface area contributed by atoms with Crippen molar-refractivity contribution < 1.29 is 35.1 Å². The number of aliphatic hydroxyl groups excluding tert-OH is 3. The van der Waals surface area contributed by atoms with E-state index in [0.29, 0.717) is 17.0 Å². The van der Waals surface area contributed by atoms with Gasteiger partial charge in [-0.25, -0.2) is 14.8 Å². The molecule has 1 fully saturated rings. The molecule has 3 amide bonds. The van der Waals surface area contributed by atoms with Gasteiger partial charge >= 0.3 is 6.03 Å². The predicted octanol–water partition coefficient (Wildman–Crippen LogP) is 1.85. The number of amides is 3. The van der Waals surface area contributed by atoms with Gasteiger partial charge in [-0.15, -0.1) is 0 Å². The van der Waals surface area contributed by atoms with Gasteiger partial charge in [-0.3, -0.25) is 19.7 Å². The highest BCUT2D eigenvalue weighted by atomic mass is 16.3. The number of nitrogens with one attached hydrogen (secondary N) is 4. The lowest BCUT2D eigenvalue weighted by molar-refractivity contribution is -0.125. The molecule has 53 heavy (non-hydrogen) atoms. The number of phenols is 2. The second-order valence-electron chi connectivity index (χ2n) is 12.4. The summed E-state index contributed by atoms with van der Waals surface area (Å²) in [6.07, 6.45) is 4.93. The van der Waals surface area contributed by atoms with Crippen molar-refractivity contribution in [1.29, 1.82) is 0 Å². The summed E-state index contributed by atoms with van der Waals surface area (Å²) in [6, 6.07) is 14.7. The van der Waals surface area contributed by atoms with Gasteiger partial charge in [-0.05, 0) is 53.9 Å². The number of aromatic nitrogens is 7. The highest BCUT2D eigenvalue weighted by Gasteiger charge is 2.44. The van der Waals surface area contributed by atoms with Crippen LogP contribution < -0.4 is 21.3 Å². The fraction of sp³-hybridized carbons (Fsp3) is 0.229. The first-order valence-corrected chi connectivity index (χ1v) is 16.5. The number of rotatable bonds is 11. The summed E-state index contributed by atoms with van der Waals surface area (Å²) in [5.74, 6) is -0.128. The summed E-state index contributed by atoms with van der Waals surface area (Å²) in [7, 11) is 0. The van der Waals surface area contributed by atoms with E-state index >= 15 is 0 Å². The number of carbonyl (C=O) groups excluding carboxylic acids is 2. The molecule has 272 valence electrons. The number of hydrogen-bond acceptors (Lipinski definition) is 13. The summed E-state index contributed by atoms with van der Waals surface area (Å²) < 4.78 is 3.09. The Bertz CT molecular complexity index is 2170. The van der Waals surface area contributed by atoms with Crippen LogP contribution in [0.2, 0.25) is 0 Å². The molecule has 7 rings (SSSR count). The highest BCUT2D eigenvalue weighted by molar-refractivity contribution is 5.99. The molecule has 1 saturated carbocycles. The number of imidazole rings is 2. The third-order valence-electron chi connectivity index (χ3n) is 8.95. The molecular weight excluding hydrogens is 686 g/mol. The molecule has 0 unspecified atom stereocenters. The molecule has 18 heteroatoms. The zero-order valence-electron chi connectivity index (χ0n) is 27.9. The lowest BCUT2D eigenvalue weighted by Crippen LogP contribution is -2.44. The molecule has 4 heterocycles. The number of benzene rings is 2. The van der Waals surface area contributed by atoms with Crippen LogP contribution in [-0.2, 0) is 4.79 Å². The predicted molar refractivity (Wildman–Crippen MR) is 191 cm³/mol. The molecule has 0 bridgehead atoms. The second kappa shape index (κ2) is 14.9. The fourth-order valence-electron chi connectivity index (χ4n) is 6.32. The van der Waals surface area contributed by atoms with Gasteiger partial charge in [0.25, 0.3) is 0 Å². The Morgan fingerprint density at radius 1 is 0.887 bits per heavy atom. The summed E-state index contributed by atoms with van der Waals surface area (Å²) >= 11 is 0. The van der Waals surface area contributed by atoms with E-state index in [1.165, 1.54) is 29.6 Å². The molecule has 4 aromatic heterocycles. The molecule has 0 spiro atoms. The van der Waals surface area contributed by atoms with Crippen LogP contribution in [-0.4, -0.2) is 103 Å². The van der Waals surface area contributed by atoms with E-state index in [2.05, 4.69) is 36.2 Å². The number of nitrogens with zero attached hydrogens (tertiary/aromatic N) is 7. The molecule has 18 nitrogen and oxygen atoms in total. The van der Waals surface area contributed by atoms with E-state index in [1.54, 1.807) is 71.4 Å². The third-order valence-corrected chi connectivity index (χ3v) is 8.95. The normalized spacial score (nSPS) is 18.3. The maximum atomic E-state index is 12.6. The minimum absolute atomic E-state index is 0.108. The van der Waals surface area contributed by atoms with Crippen LogP contribution in [0.25, 0.3) is 17.1 Å². The van der Waals surface area contributed by atoms with Crippen molar-refractivity contribution in [3.8, 4) is 17.4 Å². The lowest BCUT2D eigenvalue weighted by Gasteiger charge is -2.20. The average Bonchev–Trinajstić information content (AvgIpc) is 3.88. The van der Waals surface area contributed by atoms with Gasteiger partial charge in [0.1, 0.15) is 36.6 Å². The molecule has 0 radical (unpaired) electrons. The van der Waals surface area contributed by atoms with Crippen molar-refractivity contribution >= 4 is 40.4 Å². The van der Waals surface area contributed by atoms with Crippen LogP contribution in [0.3, 0.4) is 0 Å². The first kappa shape index (κ1) is 34.8. The van der Waals surface area contributed by atoms with Gasteiger partial charge in [0.2, 0.25) is 11.9 Å². The zero-order valence-corrected chi connectivity index (χ0v) is 27.9. The Morgan fingerprint density at radius 2 is 1.60 bits per heavy atom. The number of anilines is 3. The van der Waals surface area contributed by atoms with E-state index in [0.717, 1.165) is 11.1 Å². The SMILES string of the molecule is O=C(CO)N[C@H]1C[C@@H](n2cnc3c(NCC(c4ccc(O)cc4)c4ccc(O)cc4)nc(-n4cnc(NC(=O)Nc5cccnc5)c4)nc32)[C@H](O)[C@@H]1O. The Labute approximate surface area is 300 Å². The standard InChI is InChI=1S/C35H35N11O7/c47-16-28(50)41-25-12-26(31(52)30(25)51)46-18-39-29-32(37-14-24(19-3-7-22(48)8-4-19)20-5-9-23(49)10-6-20)43-34(44-33(29)46)45-15-27(38-17-45)42-35(53)40-21-2-1-11-36-13-21/h1-11,13,15,17-18,24-26,30-31,47-49,51-52H,12,14,16H2,(H,41,50)(H,37,43,44)(H2,40,42,53)/t25-,26+,30+,31-/m0/s1. The van der Waals surface area contributed by atoms with E-state index < -0.39 is 42.8 Å². The minimum Gasteiger partial charge on any atom is -0.508 e. The van der Waals surface area contributed by atoms with Crippen molar-refractivity contribution in [3.63, 3.8) is 0 Å². The van der Waals surface area contributed by atoms with Gasteiger partial charge in [-0.1, -0.05) is 24.3 Å². The zero-order chi connectivity index (χ0) is 37.1. The number of fused-ring (bicyclic) bond motifs is 1. The first-order chi connectivity index (χ1) is 25.7. The van der Waals surface area contributed by atoms with Crippen LogP contribution in [0.1, 0.15) is 29.5 Å². The van der Waals surface area contributed by atoms with Crippen molar-refractivity contribution in [2.24, 2.45) is 0 Å². The number of phenolic OH excluding ortho intramolecular Hbond substituents is 2. The number of carbonyl (C=O) groups is 2. The summed E-state index contributed by atoms with van der Waals surface area (Å²) in [4.78, 5) is 46.9. The van der Waals surface area contributed by atoms with Crippen LogP contribution >= 0.6 is 0 Å². The van der Waals surface area contributed by atoms with Gasteiger partial charge in [0.05, 0.1) is 36.5 Å². The largest absolute Gasteiger partial charge is 0.508 e. The number of aromatic hydroxyl groups is 2. The number of pyridine rings is 1. The molecule has 6 aromatic rings. The Hall–Kier alpha value is -6.63. The van der Waals surface area contributed by atoms with E-state index in [1.807, 2.05) is 0 Å². The van der Waals surface area contributed by atoms with Crippen LogP contribution in [0, 0.1) is 0 Å². The van der Waals surface area contributed by atoms with Crippen molar-refractivity contribution in [1.82, 2.24) is 39.4 Å². The quantitative estimate of drug-likeness (QED) is 0.0927. The average molecular weight is 722 g/mol. The molecule has 4 atom stereocenters. The lowest BCUT2D eigenvalue weighted by atomic mass is 9.91. The summed E-state index contributed by atoms with van der Waals surface area (Å²) in [5.41, 5.74) is 2.84. The van der Waals surface area contributed by atoms with Gasteiger partial charge < -0.3 is 46.1 Å². The molecular formula is C35H35N11O7. The van der Waals surface area contributed by atoms with Gasteiger partial charge in [0.15, 0.2) is 22.8 Å². The highest BCUT2D eigenvalue weighted by Crippen LogP contribution is 2.35. The van der Waals surface area contributed by atoms with Gasteiger partial charge in [-0.2, -0.15) is 9.97 Å². The van der Waals surface area contributed by atoms with Crippen LogP contribution in [0.5, 0.6) is 11.5 Å². The Kier molecular flexibility index (Phi) is 9.80. The monoisotopic (exact) mass is 721 g/mol. The minimum atomic E-state index is -1.33. The number of aliphatic hydroxyl groups is 3. The third kappa shape index (κ3) is 7.54. The van der Waals surface area contributed by atoms with Crippen molar-refractivity contribution in [3.05, 3.63) is 103 Å². The van der Waals surface area contributed by atoms with Crippen LogP contribution in [0.4, 0.5) is 22.1 Å². The van der Waals surface area contributed by atoms with Gasteiger partial charge in [0, 0.05) is 18.7 Å². The maximum absolute atomic E-state index is 12.6. The Morgan fingerprint density at radius 3 is 2.26 bits per heavy atom. The molecule has 0 aliphatic heterocycles. The van der Waals surface area contributed by atoms with E-state index in [9.17, 15) is 35.1 Å². The van der Waals surface area contributed by atoms with E-state index in [4.69, 9.17) is 9.97 Å². The molecule has 0 saturated heterocycles. The summed E-state index contributed by atoms with van der Waals surface area (Å²) in [6.45, 7) is -0.495. The molecule has 2 aromatic carbocycles. The van der Waals surface area contributed by atoms with E-state index in [-0.39, 0.29) is 47.8 Å². The molecule has 1 aliphatic rings. The number of urea groups is 1. The second-order valence-corrected chi connectivity index (χ2v) is 12.4. The van der Waals surface area contributed by atoms with Crippen molar-refractivity contribution in [2.75, 3.05) is 29.1 Å². The fourth-order valence-corrected chi connectivity index (χ4v) is 6.32. The number of hydrogen-bond donors (Lipinski definition) is 9. The Balaban J connectivity index is 1.24. The van der Waals surface area contributed by atoms with Crippen LogP contribution in [0.15, 0.2) is 91.9 Å². The van der Waals surface area contributed by atoms with Crippen molar-refractivity contribution in [2.45, 2.75) is 36.6 Å². The first-order valence-electron chi connectivity index (χ1n) is 16.5. The topological polar surface area (TPSA) is 258 Å². The molecule has 1 aliphatic carbocycles. The summed E-state index contributed by atoms with van der Waals surface area (Å²) in [5, 5.41) is 62.2. The maximum Gasteiger partial charge on any atom is 0.324 e. The smallest absolute Gasteiger partial charge is 0.324 e. The molecule has 9 N–H and O–H groups in total.